The Morgan fingerprint density at radius 3 is 2.50 bits per heavy atom. The van der Waals surface area contributed by atoms with Crippen LogP contribution in [0.2, 0.25) is 0 Å². The molecule has 1 aliphatic rings. The fourth-order valence-corrected chi connectivity index (χ4v) is 3.98. The molecular formula is C21H29N5O3S. The van der Waals surface area contributed by atoms with Crippen LogP contribution in [0.15, 0.2) is 24.3 Å². The van der Waals surface area contributed by atoms with Gasteiger partial charge in [0.1, 0.15) is 11.6 Å². The van der Waals surface area contributed by atoms with Crippen LogP contribution in [0.5, 0.6) is 5.75 Å². The van der Waals surface area contributed by atoms with Crippen molar-refractivity contribution >= 4 is 24.0 Å². The lowest BCUT2D eigenvalue weighted by Crippen LogP contribution is -2.49. The lowest BCUT2D eigenvalue weighted by molar-refractivity contribution is -0.139. The van der Waals surface area contributed by atoms with Crippen molar-refractivity contribution < 1.29 is 14.3 Å². The second-order valence-electron chi connectivity index (χ2n) is 7.75. The molecule has 0 aliphatic carbocycles. The molecule has 2 aromatic rings. The zero-order valence-corrected chi connectivity index (χ0v) is 18.5. The molecule has 2 unspecified atom stereocenters. The third-order valence-corrected chi connectivity index (χ3v) is 5.93. The molecule has 0 bridgehead atoms. The van der Waals surface area contributed by atoms with E-state index in [0.717, 1.165) is 25.1 Å². The van der Waals surface area contributed by atoms with Gasteiger partial charge in [0.05, 0.1) is 0 Å². The largest absolute Gasteiger partial charge is 0.484 e. The van der Waals surface area contributed by atoms with E-state index in [-0.39, 0.29) is 30.5 Å². The highest BCUT2D eigenvalue weighted by molar-refractivity contribution is 7.71. The van der Waals surface area contributed by atoms with Crippen LogP contribution in [0, 0.1) is 4.77 Å². The molecule has 9 heteroatoms. The van der Waals surface area contributed by atoms with E-state index < -0.39 is 0 Å². The van der Waals surface area contributed by atoms with Crippen LogP contribution >= 0.6 is 12.2 Å². The van der Waals surface area contributed by atoms with Crippen LogP contribution < -0.4 is 10.1 Å². The zero-order chi connectivity index (χ0) is 21.7. The van der Waals surface area contributed by atoms with E-state index in [4.69, 9.17) is 17.0 Å². The van der Waals surface area contributed by atoms with Crippen LogP contribution in [0.25, 0.3) is 0 Å². The first-order chi connectivity index (χ1) is 14.4. The van der Waals surface area contributed by atoms with Gasteiger partial charge < -0.3 is 19.5 Å². The number of nitrogens with zero attached hydrogens (tertiary/aromatic N) is 3. The van der Waals surface area contributed by atoms with Gasteiger partial charge in [0.25, 0.3) is 11.8 Å². The highest BCUT2D eigenvalue weighted by atomic mass is 32.1. The van der Waals surface area contributed by atoms with Gasteiger partial charge in [-0.25, -0.2) is 0 Å². The monoisotopic (exact) mass is 431 g/mol. The molecule has 162 valence electrons. The summed E-state index contributed by atoms with van der Waals surface area (Å²) in [6.45, 7) is 4.63. The van der Waals surface area contributed by atoms with E-state index in [0.29, 0.717) is 29.0 Å². The zero-order valence-electron chi connectivity index (χ0n) is 17.7. The lowest BCUT2D eigenvalue weighted by atomic mass is 9.97. The number of aromatic amines is 1. The summed E-state index contributed by atoms with van der Waals surface area (Å²) in [7, 11) is 1.83. The van der Waals surface area contributed by atoms with Crippen molar-refractivity contribution in [1.82, 2.24) is 25.0 Å². The molecule has 0 spiro atoms. The standard InChI is InChI=1S/C21H29N5O3S/c1-14-5-4-6-15(2)26(14)19(27)13-29-17-9-7-16(8-10-17)20(28)22-12-11-18-23-24-21(30)25(18)3/h7-10,14-15H,4-6,11-13H2,1-3H3,(H,22,28)(H,24,30). The van der Waals surface area contributed by atoms with E-state index in [1.165, 1.54) is 0 Å². The van der Waals surface area contributed by atoms with Crippen molar-refractivity contribution in [2.24, 2.45) is 7.05 Å². The first kappa shape index (κ1) is 22.0. The average molecular weight is 432 g/mol. The van der Waals surface area contributed by atoms with E-state index in [9.17, 15) is 9.59 Å². The molecule has 1 aromatic heterocycles. The van der Waals surface area contributed by atoms with Gasteiger partial charge in [-0.2, -0.15) is 5.10 Å². The Balaban J connectivity index is 1.47. The summed E-state index contributed by atoms with van der Waals surface area (Å²) in [5, 5.41) is 9.71. The van der Waals surface area contributed by atoms with Crippen molar-refractivity contribution in [3.8, 4) is 5.75 Å². The first-order valence-corrected chi connectivity index (χ1v) is 10.7. The molecule has 1 aliphatic heterocycles. The Morgan fingerprint density at radius 2 is 1.90 bits per heavy atom. The predicted molar refractivity (Wildman–Crippen MR) is 116 cm³/mol. The van der Waals surface area contributed by atoms with Crippen molar-refractivity contribution in [1.29, 1.82) is 0 Å². The third-order valence-electron chi connectivity index (χ3n) is 5.57. The minimum atomic E-state index is -0.176. The minimum absolute atomic E-state index is 0.00489. The lowest BCUT2D eigenvalue weighted by Gasteiger charge is -2.38. The Bertz CT molecular complexity index is 927. The molecule has 2 amide bonds. The highest BCUT2D eigenvalue weighted by Gasteiger charge is 2.28. The highest BCUT2D eigenvalue weighted by Crippen LogP contribution is 2.23. The number of benzene rings is 1. The predicted octanol–water partition coefficient (Wildman–Crippen LogP) is 2.62. The summed E-state index contributed by atoms with van der Waals surface area (Å²) in [6, 6.07) is 7.30. The van der Waals surface area contributed by atoms with Crippen molar-refractivity contribution in [3.05, 3.63) is 40.4 Å². The van der Waals surface area contributed by atoms with Gasteiger partial charge in [-0.15, -0.1) is 0 Å². The van der Waals surface area contributed by atoms with Crippen LogP contribution in [-0.4, -0.2) is 56.7 Å². The Hall–Kier alpha value is -2.68. The number of likely N-dealkylation sites (tertiary alicyclic amines) is 1. The fraction of sp³-hybridized carbons (Fsp3) is 0.524. The van der Waals surface area contributed by atoms with E-state index in [2.05, 4.69) is 29.4 Å². The molecule has 2 atom stereocenters. The number of rotatable bonds is 7. The smallest absolute Gasteiger partial charge is 0.260 e. The molecule has 2 N–H and O–H groups in total. The summed E-state index contributed by atoms with van der Waals surface area (Å²) in [5.74, 6) is 1.18. The number of carbonyl (C=O) groups excluding carboxylic acids is 2. The number of hydrogen-bond acceptors (Lipinski definition) is 5. The Kier molecular flexibility index (Phi) is 7.25. The van der Waals surface area contributed by atoms with E-state index in [1.54, 1.807) is 28.8 Å². The van der Waals surface area contributed by atoms with Crippen molar-refractivity contribution in [3.63, 3.8) is 0 Å². The van der Waals surface area contributed by atoms with E-state index >= 15 is 0 Å². The van der Waals surface area contributed by atoms with Crippen LogP contribution in [-0.2, 0) is 18.3 Å². The number of piperidine rings is 1. The summed E-state index contributed by atoms with van der Waals surface area (Å²) >= 11 is 5.07. The topological polar surface area (TPSA) is 92.2 Å². The maximum Gasteiger partial charge on any atom is 0.260 e. The van der Waals surface area contributed by atoms with Crippen LogP contribution in [0.3, 0.4) is 0 Å². The molecule has 0 radical (unpaired) electrons. The second-order valence-corrected chi connectivity index (χ2v) is 8.14. The number of hydrogen-bond donors (Lipinski definition) is 2. The summed E-state index contributed by atoms with van der Waals surface area (Å²) in [5.41, 5.74) is 0.530. The quantitative estimate of drug-likeness (QED) is 0.658. The number of carbonyl (C=O) groups is 2. The molecular weight excluding hydrogens is 402 g/mol. The Morgan fingerprint density at radius 1 is 1.23 bits per heavy atom. The Labute approximate surface area is 181 Å². The number of nitrogens with one attached hydrogen (secondary N) is 2. The molecule has 2 heterocycles. The maximum absolute atomic E-state index is 12.5. The van der Waals surface area contributed by atoms with Gasteiger partial charge in [-0.05, 0) is 69.6 Å². The van der Waals surface area contributed by atoms with Gasteiger partial charge in [0, 0.05) is 37.7 Å². The van der Waals surface area contributed by atoms with Gasteiger partial charge in [0.2, 0.25) is 0 Å². The number of ether oxygens (including phenoxy) is 1. The van der Waals surface area contributed by atoms with Crippen LogP contribution in [0.1, 0.15) is 49.3 Å². The number of amides is 2. The maximum atomic E-state index is 12.5. The molecule has 3 rings (SSSR count). The molecule has 1 aromatic carbocycles. The molecule has 1 fully saturated rings. The fourth-order valence-electron chi connectivity index (χ4n) is 3.83. The second kappa shape index (κ2) is 9.88. The summed E-state index contributed by atoms with van der Waals surface area (Å²) in [4.78, 5) is 26.8. The average Bonchev–Trinajstić information content (AvgIpc) is 3.04. The summed E-state index contributed by atoms with van der Waals surface area (Å²) < 4.78 is 7.99. The van der Waals surface area contributed by atoms with Gasteiger partial charge in [-0.1, -0.05) is 0 Å². The third kappa shape index (κ3) is 5.27. The molecule has 8 nitrogen and oxygen atoms in total. The summed E-state index contributed by atoms with van der Waals surface area (Å²) in [6.07, 6.45) is 3.80. The van der Waals surface area contributed by atoms with Gasteiger partial charge in [-0.3, -0.25) is 14.7 Å². The SMILES string of the molecule is CC1CCCC(C)N1C(=O)COc1ccc(C(=O)NCCc2n[nH]c(=S)n2C)cc1. The minimum Gasteiger partial charge on any atom is -0.484 e. The molecule has 0 saturated carbocycles. The normalized spacial score (nSPS) is 18.8. The van der Waals surface area contributed by atoms with Gasteiger partial charge in [0.15, 0.2) is 11.4 Å². The van der Waals surface area contributed by atoms with Crippen LogP contribution in [0.4, 0.5) is 0 Å². The first-order valence-electron chi connectivity index (χ1n) is 10.3. The molecule has 1 saturated heterocycles. The molecule has 30 heavy (non-hydrogen) atoms. The number of H-pyrrole nitrogens is 1. The van der Waals surface area contributed by atoms with Crippen molar-refractivity contribution in [2.45, 2.75) is 51.6 Å². The van der Waals surface area contributed by atoms with Gasteiger partial charge >= 0.3 is 0 Å². The van der Waals surface area contributed by atoms with E-state index in [1.807, 2.05) is 11.9 Å². The van der Waals surface area contributed by atoms with Crippen molar-refractivity contribution in [2.75, 3.05) is 13.2 Å². The number of aromatic nitrogens is 3.